The first-order chi connectivity index (χ1) is 48.9. The van der Waals surface area contributed by atoms with Crippen LogP contribution in [-0.4, -0.2) is 96.7 Å². The van der Waals surface area contributed by atoms with E-state index in [1.165, 1.54) is 250 Å². The number of hydrogen-bond acceptors (Lipinski definition) is 15. The summed E-state index contributed by atoms with van der Waals surface area (Å²) in [4.78, 5) is 73.0. The van der Waals surface area contributed by atoms with Crippen LogP contribution in [0.2, 0.25) is 0 Å². The van der Waals surface area contributed by atoms with Crippen molar-refractivity contribution in [1.29, 1.82) is 0 Å². The van der Waals surface area contributed by atoms with Gasteiger partial charge in [-0.15, -0.1) is 0 Å². The van der Waals surface area contributed by atoms with Crippen LogP contribution in [0.25, 0.3) is 0 Å². The molecule has 19 heteroatoms. The fourth-order valence-corrected chi connectivity index (χ4v) is 14.3. The van der Waals surface area contributed by atoms with Gasteiger partial charge in [-0.05, 0) is 37.5 Å². The van der Waals surface area contributed by atoms with Crippen molar-refractivity contribution in [3.05, 3.63) is 0 Å². The first-order valence-electron chi connectivity index (χ1n) is 42.5. The van der Waals surface area contributed by atoms with Gasteiger partial charge in [-0.1, -0.05) is 382 Å². The third kappa shape index (κ3) is 76.1. The van der Waals surface area contributed by atoms with Gasteiger partial charge in [0.05, 0.1) is 26.4 Å². The van der Waals surface area contributed by atoms with Crippen molar-refractivity contribution >= 4 is 39.5 Å². The van der Waals surface area contributed by atoms with Crippen LogP contribution in [0.15, 0.2) is 0 Å². The monoisotopic (exact) mass is 1480 g/mol. The second-order valence-corrected chi connectivity index (χ2v) is 33.4. The van der Waals surface area contributed by atoms with E-state index in [1.807, 2.05) is 0 Å². The number of hydrogen-bond donors (Lipinski definition) is 3. The molecule has 3 N–H and O–H groups in total. The maximum Gasteiger partial charge on any atom is 0.472 e. The summed E-state index contributed by atoms with van der Waals surface area (Å²) in [6.07, 6.45) is 63.8. The van der Waals surface area contributed by atoms with Crippen LogP contribution in [0.5, 0.6) is 0 Å². The second kappa shape index (κ2) is 73.6. The summed E-state index contributed by atoms with van der Waals surface area (Å²) in [6.45, 7) is 9.68. The number of ether oxygens (including phenoxy) is 4. The molecule has 2 unspecified atom stereocenters. The predicted octanol–water partition coefficient (Wildman–Crippen LogP) is 24.7. The van der Waals surface area contributed by atoms with Gasteiger partial charge < -0.3 is 33.8 Å². The Morgan fingerprint density at radius 2 is 0.455 bits per heavy atom. The molecule has 0 aromatic carbocycles. The molecule has 0 rings (SSSR count). The molecule has 0 aromatic rings. The number of aliphatic hydroxyl groups is 1. The Balaban J connectivity index is 5.22. The number of aliphatic hydroxyl groups excluding tert-OH is 1. The van der Waals surface area contributed by atoms with Gasteiger partial charge in [0.15, 0.2) is 12.2 Å². The highest BCUT2D eigenvalue weighted by Gasteiger charge is 2.30. The van der Waals surface area contributed by atoms with E-state index in [0.29, 0.717) is 25.7 Å². The summed E-state index contributed by atoms with van der Waals surface area (Å²) in [5, 5.41) is 10.6. The maximum absolute atomic E-state index is 13.1. The summed E-state index contributed by atoms with van der Waals surface area (Å²) in [5.74, 6) is -0.512. The lowest BCUT2D eigenvalue weighted by Crippen LogP contribution is -2.30. The van der Waals surface area contributed by atoms with Crippen LogP contribution in [0.3, 0.4) is 0 Å². The number of carbonyl (C=O) groups excluding carboxylic acids is 4. The van der Waals surface area contributed by atoms with Crippen molar-refractivity contribution in [2.75, 3.05) is 39.6 Å². The highest BCUT2D eigenvalue weighted by molar-refractivity contribution is 7.47. The lowest BCUT2D eigenvalue weighted by atomic mass is 10.0. The smallest absolute Gasteiger partial charge is 0.462 e. The van der Waals surface area contributed by atoms with E-state index in [-0.39, 0.29) is 25.7 Å². The number of rotatable bonds is 81. The van der Waals surface area contributed by atoms with Crippen molar-refractivity contribution in [3.8, 4) is 0 Å². The van der Waals surface area contributed by atoms with E-state index in [9.17, 15) is 43.2 Å². The topological polar surface area (TPSA) is 237 Å². The molecule has 0 amide bonds. The quantitative estimate of drug-likeness (QED) is 0.0222. The van der Waals surface area contributed by atoms with Gasteiger partial charge in [-0.3, -0.25) is 37.3 Å². The zero-order chi connectivity index (χ0) is 74.2. The van der Waals surface area contributed by atoms with Crippen molar-refractivity contribution in [3.63, 3.8) is 0 Å². The fraction of sp³-hybridized carbons (Fsp3) is 0.951. The van der Waals surface area contributed by atoms with Gasteiger partial charge in [-0.2, -0.15) is 0 Å². The van der Waals surface area contributed by atoms with Gasteiger partial charge in [0.1, 0.15) is 19.3 Å². The van der Waals surface area contributed by atoms with Crippen molar-refractivity contribution < 1.29 is 80.2 Å². The van der Waals surface area contributed by atoms with Crippen LogP contribution in [0, 0.1) is 11.8 Å². The highest BCUT2D eigenvalue weighted by atomic mass is 31.2. The predicted molar refractivity (Wildman–Crippen MR) is 414 cm³/mol. The minimum Gasteiger partial charge on any atom is -0.462 e. The number of esters is 4. The van der Waals surface area contributed by atoms with Crippen LogP contribution in [-0.2, 0) is 65.4 Å². The zero-order valence-electron chi connectivity index (χ0n) is 66.2. The Bertz CT molecular complexity index is 1940. The van der Waals surface area contributed by atoms with E-state index < -0.39 is 97.5 Å². The number of carbonyl (C=O) groups is 4. The van der Waals surface area contributed by atoms with Crippen LogP contribution >= 0.6 is 15.6 Å². The van der Waals surface area contributed by atoms with Crippen molar-refractivity contribution in [2.45, 2.75) is 452 Å². The molecule has 0 fully saturated rings. The molecule has 5 atom stereocenters. The third-order valence-electron chi connectivity index (χ3n) is 19.2. The largest absolute Gasteiger partial charge is 0.472 e. The van der Waals surface area contributed by atoms with Crippen LogP contribution < -0.4 is 0 Å². The molecule has 0 aliphatic heterocycles. The standard InChI is InChI=1S/C82H160O17P2/c1-7-9-11-13-15-17-18-19-20-21-22-23-31-36-42-48-54-60-66-82(87)99-78(71-93-80(85)65-59-53-47-41-35-30-26-24-28-33-39-44-50-56-62-74(3)4)73-97-101(90,91)95-69-76(83)68-94-100(88,89)96-72-77(70-92-79(84)64-58-52-46-38-16-14-12-10-8-2)98-81(86)67-61-55-49-43-37-32-27-25-29-34-40-45-51-57-63-75(5)6/h74-78,83H,7-73H2,1-6H3,(H,88,89)(H,90,91)/t76-,77+,78+/m0/s1. The minimum atomic E-state index is -4.96. The second-order valence-electron chi connectivity index (χ2n) is 30.5. The van der Waals surface area contributed by atoms with Crippen LogP contribution in [0.4, 0.5) is 0 Å². The molecule has 0 heterocycles. The molecule has 0 aliphatic carbocycles. The Labute approximate surface area is 619 Å². The zero-order valence-corrected chi connectivity index (χ0v) is 68.0. The molecule has 0 radical (unpaired) electrons. The summed E-state index contributed by atoms with van der Waals surface area (Å²) < 4.78 is 68.7. The van der Waals surface area contributed by atoms with E-state index in [4.69, 9.17) is 37.0 Å². The van der Waals surface area contributed by atoms with Gasteiger partial charge in [-0.25, -0.2) is 9.13 Å². The lowest BCUT2D eigenvalue weighted by Gasteiger charge is -2.21. The summed E-state index contributed by atoms with van der Waals surface area (Å²) in [7, 11) is -9.92. The van der Waals surface area contributed by atoms with E-state index >= 15 is 0 Å². The number of unbranched alkanes of at least 4 members (excludes halogenated alkanes) is 51. The minimum absolute atomic E-state index is 0.108. The molecule has 0 spiro atoms. The summed E-state index contributed by atoms with van der Waals surface area (Å²) in [5.41, 5.74) is 0. The molecule has 101 heavy (non-hydrogen) atoms. The van der Waals surface area contributed by atoms with Gasteiger partial charge >= 0.3 is 39.5 Å². The average molecular weight is 1480 g/mol. The van der Waals surface area contributed by atoms with Gasteiger partial charge in [0, 0.05) is 25.7 Å². The third-order valence-corrected chi connectivity index (χ3v) is 21.1. The summed E-state index contributed by atoms with van der Waals surface area (Å²) in [6, 6.07) is 0. The Morgan fingerprint density at radius 1 is 0.267 bits per heavy atom. The molecule has 600 valence electrons. The number of phosphoric acid groups is 2. The lowest BCUT2D eigenvalue weighted by molar-refractivity contribution is -0.161. The molecular formula is C82H160O17P2. The normalized spacial score (nSPS) is 13.9. The molecule has 0 saturated heterocycles. The van der Waals surface area contributed by atoms with E-state index in [0.717, 1.165) is 102 Å². The molecule has 0 bridgehead atoms. The fourth-order valence-electron chi connectivity index (χ4n) is 12.7. The number of phosphoric ester groups is 2. The molecule has 0 saturated carbocycles. The van der Waals surface area contributed by atoms with E-state index in [2.05, 4.69) is 41.5 Å². The first kappa shape index (κ1) is 99.1. The summed E-state index contributed by atoms with van der Waals surface area (Å²) >= 11 is 0. The average Bonchev–Trinajstić information content (AvgIpc) is 0.939. The van der Waals surface area contributed by atoms with Gasteiger partial charge in [0.2, 0.25) is 0 Å². The van der Waals surface area contributed by atoms with E-state index in [1.54, 1.807) is 0 Å². The SMILES string of the molecule is CCCCCCCCCCCCCCCCCCCCC(=O)O[C@H](COC(=O)CCCCCCCCCCCCCCCCC(C)C)COP(=O)(O)OC[C@@H](O)COP(=O)(O)OC[C@@H](COC(=O)CCCCCCCCCCC)OC(=O)CCCCCCCCCCCCCCCCC(C)C. The molecule has 0 aliphatic rings. The highest BCUT2D eigenvalue weighted by Crippen LogP contribution is 2.45. The van der Waals surface area contributed by atoms with Gasteiger partial charge in [0.25, 0.3) is 0 Å². The maximum atomic E-state index is 13.1. The van der Waals surface area contributed by atoms with Crippen molar-refractivity contribution in [1.82, 2.24) is 0 Å². The molecular weight excluding hydrogens is 1320 g/mol. The first-order valence-corrected chi connectivity index (χ1v) is 45.5. The Morgan fingerprint density at radius 3 is 0.673 bits per heavy atom. The van der Waals surface area contributed by atoms with Crippen molar-refractivity contribution in [2.24, 2.45) is 11.8 Å². The Kier molecular flexibility index (Phi) is 72.2. The van der Waals surface area contributed by atoms with Crippen LogP contribution in [0.1, 0.15) is 433 Å². The Hall–Kier alpha value is -1.94. The molecule has 0 aromatic heterocycles. The molecule has 17 nitrogen and oxygen atoms in total.